The Labute approximate surface area is 115 Å². The lowest BCUT2D eigenvalue weighted by molar-refractivity contribution is -0.135. The third-order valence-corrected chi connectivity index (χ3v) is 6.33. The number of rotatable bonds is 2. The van der Waals surface area contributed by atoms with Crippen LogP contribution in [0.2, 0.25) is 0 Å². The van der Waals surface area contributed by atoms with Crippen LogP contribution in [0, 0.1) is 23.2 Å². The van der Waals surface area contributed by atoms with Gasteiger partial charge in [0.05, 0.1) is 5.41 Å². The molecule has 1 unspecified atom stereocenters. The summed E-state index contributed by atoms with van der Waals surface area (Å²) in [5.41, 5.74) is 0.0146. The fourth-order valence-corrected chi connectivity index (χ4v) is 5.67. The lowest BCUT2D eigenvalue weighted by Crippen LogP contribution is -2.62. The highest BCUT2D eigenvalue weighted by Crippen LogP contribution is 2.55. The van der Waals surface area contributed by atoms with Crippen LogP contribution in [0.25, 0.3) is 0 Å². The van der Waals surface area contributed by atoms with Crippen molar-refractivity contribution >= 4 is 5.91 Å². The van der Waals surface area contributed by atoms with Crippen LogP contribution in [0.5, 0.6) is 0 Å². The third-order valence-electron chi connectivity index (χ3n) is 6.33. The summed E-state index contributed by atoms with van der Waals surface area (Å²) in [6, 6.07) is 0. The lowest BCUT2D eigenvalue weighted by Gasteiger charge is -2.57. The number of carbonyl (C=O) groups excluding carboxylic acids is 1. The summed E-state index contributed by atoms with van der Waals surface area (Å²) in [5.74, 6) is 3.03. The molecular formula is C16H26N2O. The second kappa shape index (κ2) is 3.97. The van der Waals surface area contributed by atoms with Crippen molar-refractivity contribution in [1.82, 2.24) is 10.6 Å². The van der Waals surface area contributed by atoms with Gasteiger partial charge in [-0.05, 0) is 76.2 Å². The number of hydrogen-bond acceptors (Lipinski definition) is 2. The van der Waals surface area contributed by atoms with Crippen LogP contribution in [0.1, 0.15) is 51.9 Å². The second-order valence-corrected chi connectivity index (χ2v) is 8.14. The van der Waals surface area contributed by atoms with Crippen molar-refractivity contribution in [1.29, 1.82) is 0 Å². The molecule has 0 spiro atoms. The Morgan fingerprint density at radius 1 is 1.11 bits per heavy atom. The molecule has 0 aromatic heterocycles. The van der Waals surface area contributed by atoms with Crippen LogP contribution in [-0.4, -0.2) is 24.5 Å². The van der Waals surface area contributed by atoms with E-state index < -0.39 is 0 Å². The fourth-order valence-electron chi connectivity index (χ4n) is 5.67. The van der Waals surface area contributed by atoms with Crippen molar-refractivity contribution in [3.63, 3.8) is 0 Å². The molecule has 5 aliphatic rings. The quantitative estimate of drug-likeness (QED) is 0.800. The van der Waals surface area contributed by atoms with Gasteiger partial charge < -0.3 is 10.6 Å². The summed E-state index contributed by atoms with van der Waals surface area (Å²) in [4.78, 5) is 12.7. The van der Waals surface area contributed by atoms with Crippen LogP contribution >= 0.6 is 0 Å². The highest BCUT2D eigenvalue weighted by Gasteiger charge is 2.52. The maximum absolute atomic E-state index is 12.7. The Morgan fingerprint density at radius 3 is 2.16 bits per heavy atom. The van der Waals surface area contributed by atoms with Gasteiger partial charge in [0.25, 0.3) is 0 Å². The lowest BCUT2D eigenvalue weighted by atomic mass is 9.53. The molecular weight excluding hydrogens is 236 g/mol. The minimum Gasteiger partial charge on any atom is -0.350 e. The number of nitrogens with one attached hydrogen (secondary N) is 2. The van der Waals surface area contributed by atoms with E-state index >= 15 is 0 Å². The maximum atomic E-state index is 12.7. The molecule has 4 bridgehead atoms. The topological polar surface area (TPSA) is 41.1 Å². The van der Waals surface area contributed by atoms with Crippen LogP contribution in [0.15, 0.2) is 0 Å². The van der Waals surface area contributed by atoms with Crippen LogP contribution < -0.4 is 10.6 Å². The molecule has 0 aromatic rings. The van der Waals surface area contributed by atoms with Gasteiger partial charge in [-0.15, -0.1) is 0 Å². The maximum Gasteiger partial charge on any atom is 0.227 e. The fraction of sp³-hybridized carbons (Fsp3) is 0.938. The van der Waals surface area contributed by atoms with Gasteiger partial charge >= 0.3 is 0 Å². The first-order valence-corrected chi connectivity index (χ1v) is 8.10. The van der Waals surface area contributed by atoms with Gasteiger partial charge in [-0.3, -0.25) is 4.79 Å². The average Bonchev–Trinajstić information content (AvgIpc) is 2.75. The first kappa shape index (κ1) is 12.2. The molecule has 106 valence electrons. The standard InChI is InChI=1S/C16H26N2O/c1-15(2-3-17-10-15)14(19)18-16-7-11-4-12(8-16)6-13(5-11)9-16/h11-13,17H,2-10H2,1H3,(H,18,19). The Bertz CT molecular complexity index is 362. The first-order chi connectivity index (χ1) is 9.07. The van der Waals surface area contributed by atoms with Crippen LogP contribution in [-0.2, 0) is 4.79 Å². The van der Waals surface area contributed by atoms with E-state index in [1.807, 2.05) is 0 Å². The summed E-state index contributed by atoms with van der Waals surface area (Å²) < 4.78 is 0. The van der Waals surface area contributed by atoms with Crippen LogP contribution in [0.3, 0.4) is 0 Å². The van der Waals surface area contributed by atoms with E-state index in [2.05, 4.69) is 17.6 Å². The SMILES string of the molecule is CC1(C(=O)NC23CC4CC(CC(C4)C2)C3)CCNC1. The molecule has 4 aliphatic carbocycles. The summed E-state index contributed by atoms with van der Waals surface area (Å²) in [7, 11) is 0. The molecule has 5 fully saturated rings. The Kier molecular flexibility index (Phi) is 2.55. The average molecular weight is 262 g/mol. The largest absolute Gasteiger partial charge is 0.350 e. The van der Waals surface area contributed by atoms with Crippen molar-refractivity contribution in [2.75, 3.05) is 13.1 Å². The molecule has 1 saturated heterocycles. The normalized spacial score (nSPS) is 51.5. The molecule has 1 atom stereocenters. The van der Waals surface area contributed by atoms with E-state index in [1.165, 1.54) is 38.5 Å². The van der Waals surface area contributed by atoms with Gasteiger partial charge in [-0.25, -0.2) is 0 Å². The molecule has 4 saturated carbocycles. The van der Waals surface area contributed by atoms with E-state index in [1.54, 1.807) is 0 Å². The number of hydrogen-bond donors (Lipinski definition) is 2. The molecule has 1 heterocycles. The van der Waals surface area contributed by atoms with Crippen molar-refractivity contribution in [2.24, 2.45) is 23.2 Å². The Morgan fingerprint density at radius 2 is 1.68 bits per heavy atom. The molecule has 0 radical (unpaired) electrons. The van der Waals surface area contributed by atoms with Crippen molar-refractivity contribution < 1.29 is 4.79 Å². The van der Waals surface area contributed by atoms with Crippen molar-refractivity contribution in [3.05, 3.63) is 0 Å². The van der Waals surface area contributed by atoms with Gasteiger partial charge in [0.15, 0.2) is 0 Å². The Hall–Kier alpha value is -0.570. The van der Waals surface area contributed by atoms with E-state index in [9.17, 15) is 4.79 Å². The van der Waals surface area contributed by atoms with Gasteiger partial charge in [0, 0.05) is 12.1 Å². The van der Waals surface area contributed by atoms with Gasteiger partial charge in [-0.2, -0.15) is 0 Å². The smallest absolute Gasteiger partial charge is 0.227 e. The summed E-state index contributed by atoms with van der Waals surface area (Å²) in [6.07, 6.45) is 9.08. The summed E-state index contributed by atoms with van der Waals surface area (Å²) in [5, 5.41) is 6.87. The number of carbonyl (C=O) groups is 1. The molecule has 3 heteroatoms. The predicted octanol–water partition coefficient (Wildman–Crippen LogP) is 2.07. The minimum atomic E-state index is -0.163. The highest BCUT2D eigenvalue weighted by atomic mass is 16.2. The van der Waals surface area contributed by atoms with Crippen LogP contribution in [0.4, 0.5) is 0 Å². The summed E-state index contributed by atoms with van der Waals surface area (Å²) in [6.45, 7) is 3.97. The highest BCUT2D eigenvalue weighted by molar-refractivity contribution is 5.83. The van der Waals surface area contributed by atoms with Gasteiger partial charge in [0.2, 0.25) is 5.91 Å². The summed E-state index contributed by atoms with van der Waals surface area (Å²) >= 11 is 0. The molecule has 19 heavy (non-hydrogen) atoms. The van der Waals surface area contributed by atoms with E-state index in [0.717, 1.165) is 37.3 Å². The van der Waals surface area contributed by atoms with Crippen molar-refractivity contribution in [3.8, 4) is 0 Å². The van der Waals surface area contributed by atoms with E-state index in [0.29, 0.717) is 5.91 Å². The number of amides is 1. The molecule has 1 amide bonds. The van der Waals surface area contributed by atoms with E-state index in [4.69, 9.17) is 0 Å². The van der Waals surface area contributed by atoms with Gasteiger partial charge in [0.1, 0.15) is 0 Å². The second-order valence-electron chi connectivity index (χ2n) is 8.14. The zero-order valence-corrected chi connectivity index (χ0v) is 12.0. The molecule has 0 aromatic carbocycles. The minimum absolute atomic E-state index is 0.163. The molecule has 5 rings (SSSR count). The van der Waals surface area contributed by atoms with Crippen molar-refractivity contribution in [2.45, 2.75) is 57.4 Å². The molecule has 1 aliphatic heterocycles. The predicted molar refractivity (Wildman–Crippen MR) is 74.6 cm³/mol. The zero-order chi connectivity index (χ0) is 13.1. The monoisotopic (exact) mass is 262 g/mol. The Balaban J connectivity index is 1.51. The molecule has 3 nitrogen and oxygen atoms in total. The first-order valence-electron chi connectivity index (χ1n) is 8.10. The third kappa shape index (κ3) is 1.93. The van der Waals surface area contributed by atoms with Gasteiger partial charge in [-0.1, -0.05) is 0 Å². The van der Waals surface area contributed by atoms with E-state index in [-0.39, 0.29) is 11.0 Å². The zero-order valence-electron chi connectivity index (χ0n) is 12.0. The molecule has 2 N–H and O–H groups in total.